The summed E-state index contributed by atoms with van der Waals surface area (Å²) in [4.78, 5) is 0. The average molecular weight is 110 g/mol. The van der Waals surface area contributed by atoms with E-state index < -0.39 is 0 Å². The van der Waals surface area contributed by atoms with E-state index in [0.29, 0.717) is 5.41 Å². The Kier molecular flexibility index (Phi) is 0.884. The van der Waals surface area contributed by atoms with Crippen LogP contribution in [-0.2, 0) is 0 Å². The molecule has 1 aliphatic heterocycles. The molecule has 2 fully saturated rings. The molecule has 2 rings (SSSR count). The lowest BCUT2D eigenvalue weighted by Crippen LogP contribution is -2.30. The first-order chi connectivity index (χ1) is 3.91. The van der Waals surface area contributed by atoms with Crippen LogP contribution in [0.2, 0.25) is 0 Å². The molecule has 1 saturated heterocycles. The highest BCUT2D eigenvalue weighted by Crippen LogP contribution is 2.48. The zero-order valence-corrected chi connectivity index (χ0v) is 5.11. The molecule has 1 heteroatoms. The number of hydrogen-bond acceptors (Lipinski definition) is 1. The normalized spacial score (nSPS) is 33.0. The van der Waals surface area contributed by atoms with Gasteiger partial charge in [-0.2, -0.15) is 0 Å². The predicted molar refractivity (Wildman–Crippen MR) is 33.5 cm³/mol. The summed E-state index contributed by atoms with van der Waals surface area (Å²) in [5.41, 5.74) is 0.693. The maximum absolute atomic E-state index is 3.41. The number of piperidine rings is 1. The first-order valence-electron chi connectivity index (χ1n) is 3.46. The minimum atomic E-state index is 0.693. The van der Waals surface area contributed by atoms with Gasteiger partial charge < -0.3 is 5.32 Å². The third kappa shape index (κ3) is 0.655. The summed E-state index contributed by atoms with van der Waals surface area (Å²) in [6, 6.07) is 0. The molecule has 0 amide bonds. The van der Waals surface area contributed by atoms with Crippen LogP contribution < -0.4 is 5.32 Å². The standard InChI is InChI=1S/C7H12N/c1-2-7(3-4-7)6-8-5-1/h3,8H,1-2,4-6H2. The van der Waals surface area contributed by atoms with E-state index in [9.17, 15) is 0 Å². The van der Waals surface area contributed by atoms with E-state index >= 15 is 0 Å². The molecule has 0 aromatic rings. The second kappa shape index (κ2) is 1.47. The molecule has 1 radical (unpaired) electrons. The van der Waals surface area contributed by atoms with Gasteiger partial charge in [-0.15, -0.1) is 0 Å². The number of nitrogens with one attached hydrogen (secondary N) is 1. The van der Waals surface area contributed by atoms with E-state index in [1.54, 1.807) is 0 Å². The zero-order valence-electron chi connectivity index (χ0n) is 5.11. The van der Waals surface area contributed by atoms with Crippen molar-refractivity contribution >= 4 is 0 Å². The lowest BCUT2D eigenvalue weighted by molar-refractivity contribution is 0.373. The van der Waals surface area contributed by atoms with Crippen LogP contribution in [0, 0.1) is 11.8 Å². The van der Waals surface area contributed by atoms with Gasteiger partial charge in [0.15, 0.2) is 0 Å². The molecule has 1 nitrogen and oxygen atoms in total. The molecule has 0 bridgehead atoms. The molecule has 0 aromatic carbocycles. The van der Waals surface area contributed by atoms with Crippen LogP contribution in [0.15, 0.2) is 0 Å². The molecule has 1 atom stereocenters. The molecule has 0 aromatic heterocycles. The van der Waals surface area contributed by atoms with Gasteiger partial charge in [0.05, 0.1) is 0 Å². The molecule has 8 heavy (non-hydrogen) atoms. The molecular formula is C7H12N. The van der Waals surface area contributed by atoms with E-state index in [2.05, 4.69) is 11.7 Å². The number of rotatable bonds is 0. The predicted octanol–water partition coefficient (Wildman–Crippen LogP) is 0.964. The molecule has 1 saturated carbocycles. The van der Waals surface area contributed by atoms with Gasteiger partial charge >= 0.3 is 0 Å². The molecule has 2 aliphatic rings. The summed E-state index contributed by atoms with van der Waals surface area (Å²) in [7, 11) is 0. The number of hydrogen-bond donors (Lipinski definition) is 1. The Morgan fingerprint density at radius 1 is 1.50 bits per heavy atom. The Bertz CT molecular complexity index is 86.6. The fraction of sp³-hybridized carbons (Fsp3) is 0.857. The summed E-state index contributed by atoms with van der Waals surface area (Å²) >= 11 is 0. The SMILES string of the molecule is [CH]1CC12CCCNC2. The molecule has 1 aliphatic carbocycles. The van der Waals surface area contributed by atoms with Crippen LogP contribution in [0.5, 0.6) is 0 Å². The zero-order chi connectivity index (χ0) is 5.45. The van der Waals surface area contributed by atoms with Crippen molar-refractivity contribution in [1.82, 2.24) is 5.32 Å². The fourth-order valence-corrected chi connectivity index (χ4v) is 1.48. The van der Waals surface area contributed by atoms with Crippen LogP contribution in [0.3, 0.4) is 0 Å². The monoisotopic (exact) mass is 110 g/mol. The summed E-state index contributed by atoms with van der Waals surface area (Å²) in [6.45, 7) is 2.50. The first kappa shape index (κ1) is 4.80. The maximum Gasteiger partial charge on any atom is 0.00107 e. The highest BCUT2D eigenvalue weighted by molar-refractivity contribution is 5.12. The average Bonchev–Trinajstić information content (AvgIpc) is 2.52. The largest absolute Gasteiger partial charge is 0.316 e. The third-order valence-electron chi connectivity index (χ3n) is 2.29. The Hall–Kier alpha value is -0.0400. The first-order valence-corrected chi connectivity index (χ1v) is 3.46. The van der Waals surface area contributed by atoms with Crippen molar-refractivity contribution in [1.29, 1.82) is 0 Å². The van der Waals surface area contributed by atoms with Crippen molar-refractivity contribution in [2.24, 2.45) is 5.41 Å². The van der Waals surface area contributed by atoms with E-state index in [1.165, 1.54) is 32.4 Å². The minimum Gasteiger partial charge on any atom is -0.316 e. The Morgan fingerprint density at radius 3 is 2.75 bits per heavy atom. The van der Waals surface area contributed by atoms with Gasteiger partial charge in [0.2, 0.25) is 0 Å². The van der Waals surface area contributed by atoms with Crippen LogP contribution in [0.4, 0.5) is 0 Å². The van der Waals surface area contributed by atoms with Gasteiger partial charge in [0.25, 0.3) is 0 Å². The topological polar surface area (TPSA) is 12.0 Å². The minimum absolute atomic E-state index is 0.693. The van der Waals surface area contributed by atoms with E-state index in [1.807, 2.05) is 0 Å². The van der Waals surface area contributed by atoms with Crippen molar-refractivity contribution < 1.29 is 0 Å². The lowest BCUT2D eigenvalue weighted by atomic mass is 9.97. The Labute approximate surface area is 50.5 Å². The molecule has 45 valence electrons. The fourth-order valence-electron chi connectivity index (χ4n) is 1.48. The summed E-state index contributed by atoms with van der Waals surface area (Å²) < 4.78 is 0. The van der Waals surface area contributed by atoms with Crippen molar-refractivity contribution in [3.05, 3.63) is 6.42 Å². The van der Waals surface area contributed by atoms with E-state index in [-0.39, 0.29) is 0 Å². The highest BCUT2D eigenvalue weighted by Gasteiger charge is 2.43. The van der Waals surface area contributed by atoms with Crippen molar-refractivity contribution in [3.8, 4) is 0 Å². The van der Waals surface area contributed by atoms with Gasteiger partial charge in [-0.1, -0.05) is 0 Å². The van der Waals surface area contributed by atoms with E-state index in [4.69, 9.17) is 0 Å². The molecule has 1 unspecified atom stereocenters. The lowest BCUT2D eigenvalue weighted by Gasteiger charge is -2.20. The van der Waals surface area contributed by atoms with Crippen molar-refractivity contribution in [3.63, 3.8) is 0 Å². The van der Waals surface area contributed by atoms with Crippen molar-refractivity contribution in [2.45, 2.75) is 19.3 Å². The second-order valence-electron chi connectivity index (χ2n) is 3.05. The van der Waals surface area contributed by atoms with Gasteiger partial charge in [-0.05, 0) is 37.6 Å². The van der Waals surface area contributed by atoms with Crippen LogP contribution in [-0.4, -0.2) is 13.1 Å². The maximum atomic E-state index is 3.41. The van der Waals surface area contributed by atoms with Crippen LogP contribution in [0.25, 0.3) is 0 Å². The van der Waals surface area contributed by atoms with Crippen LogP contribution in [0.1, 0.15) is 19.3 Å². The van der Waals surface area contributed by atoms with Gasteiger partial charge in [-0.25, -0.2) is 0 Å². The van der Waals surface area contributed by atoms with Gasteiger partial charge in [0, 0.05) is 6.54 Å². The van der Waals surface area contributed by atoms with E-state index in [0.717, 1.165) is 0 Å². The molecule has 1 spiro atoms. The van der Waals surface area contributed by atoms with Crippen molar-refractivity contribution in [2.75, 3.05) is 13.1 Å². The molecular weight excluding hydrogens is 98.1 g/mol. The third-order valence-corrected chi connectivity index (χ3v) is 2.29. The quantitative estimate of drug-likeness (QED) is 0.490. The highest BCUT2D eigenvalue weighted by atomic mass is 14.9. The van der Waals surface area contributed by atoms with Gasteiger partial charge in [-0.3, -0.25) is 0 Å². The van der Waals surface area contributed by atoms with Gasteiger partial charge in [0.1, 0.15) is 0 Å². The smallest absolute Gasteiger partial charge is 0.00107 e. The second-order valence-corrected chi connectivity index (χ2v) is 3.05. The summed E-state index contributed by atoms with van der Waals surface area (Å²) in [5.74, 6) is 0. The molecule has 1 heterocycles. The summed E-state index contributed by atoms with van der Waals surface area (Å²) in [6.07, 6.45) is 6.65. The Morgan fingerprint density at radius 2 is 2.38 bits per heavy atom. The molecule has 1 N–H and O–H groups in total. The van der Waals surface area contributed by atoms with Crippen LogP contribution >= 0.6 is 0 Å². The summed E-state index contributed by atoms with van der Waals surface area (Å²) in [5, 5.41) is 3.41. The Balaban J connectivity index is 1.95.